The molecule has 17 heavy (non-hydrogen) atoms. The highest BCUT2D eigenvalue weighted by Crippen LogP contribution is 2.07. The van der Waals surface area contributed by atoms with Gasteiger partial charge < -0.3 is 10.7 Å². The zero-order valence-corrected chi connectivity index (χ0v) is 8.22. The molecular weight excluding hydrogens is 224 g/mol. The average molecular weight is 228 g/mol. The van der Waals surface area contributed by atoms with Gasteiger partial charge in [0.1, 0.15) is 18.2 Å². The Labute approximate surface area is 94.8 Å². The van der Waals surface area contributed by atoms with Gasteiger partial charge in [-0.05, 0) is 0 Å². The van der Waals surface area contributed by atoms with Gasteiger partial charge in [0.25, 0.3) is 5.91 Å². The van der Waals surface area contributed by atoms with Gasteiger partial charge in [-0.3, -0.25) is 4.79 Å². The molecule has 4 N–H and O–H groups in total. The van der Waals surface area contributed by atoms with Gasteiger partial charge in [-0.1, -0.05) is 0 Å². The van der Waals surface area contributed by atoms with E-state index in [0.29, 0.717) is 0 Å². The van der Waals surface area contributed by atoms with E-state index in [0.717, 1.165) is 0 Å². The van der Waals surface area contributed by atoms with Gasteiger partial charge >= 0.3 is 0 Å². The number of imidazole rings is 1. The molecule has 0 saturated heterocycles. The SMILES string of the molecule is N#C/C(=N/Nc1nc(C#N)c(C#N)[nH]1)C(N)=O. The predicted molar refractivity (Wildman–Crippen MR) is 53.9 cm³/mol. The maximum absolute atomic E-state index is 10.6. The van der Waals surface area contributed by atoms with Gasteiger partial charge in [-0.2, -0.15) is 25.9 Å². The molecule has 1 aromatic rings. The van der Waals surface area contributed by atoms with Crippen molar-refractivity contribution in [1.29, 1.82) is 15.8 Å². The number of hydrazone groups is 1. The van der Waals surface area contributed by atoms with Gasteiger partial charge in [0.05, 0.1) is 0 Å². The van der Waals surface area contributed by atoms with Gasteiger partial charge in [0, 0.05) is 0 Å². The van der Waals surface area contributed by atoms with Crippen LogP contribution in [-0.2, 0) is 4.79 Å². The Hall–Kier alpha value is -3.38. The Kier molecular flexibility index (Phi) is 3.38. The highest BCUT2D eigenvalue weighted by atomic mass is 16.1. The van der Waals surface area contributed by atoms with Crippen molar-refractivity contribution in [3.05, 3.63) is 11.4 Å². The summed E-state index contributed by atoms with van der Waals surface area (Å²) >= 11 is 0. The van der Waals surface area contributed by atoms with E-state index in [1.807, 2.05) is 0 Å². The van der Waals surface area contributed by atoms with E-state index < -0.39 is 11.6 Å². The van der Waals surface area contributed by atoms with E-state index in [1.54, 1.807) is 12.1 Å². The summed E-state index contributed by atoms with van der Waals surface area (Å²) in [6, 6.07) is 4.85. The van der Waals surface area contributed by atoms with E-state index in [9.17, 15) is 4.79 Å². The molecule has 0 unspecified atom stereocenters. The third kappa shape index (κ3) is 2.55. The molecule has 0 atom stereocenters. The number of carbonyl (C=O) groups is 1. The van der Waals surface area contributed by atoms with E-state index in [-0.39, 0.29) is 17.3 Å². The van der Waals surface area contributed by atoms with Crippen LogP contribution in [0.25, 0.3) is 0 Å². The molecule has 0 aromatic carbocycles. The van der Waals surface area contributed by atoms with Crippen LogP contribution in [0.2, 0.25) is 0 Å². The Morgan fingerprint density at radius 3 is 2.53 bits per heavy atom. The normalized spacial score (nSPS) is 9.82. The lowest BCUT2D eigenvalue weighted by Gasteiger charge is -1.93. The highest BCUT2D eigenvalue weighted by molar-refractivity contribution is 6.44. The number of anilines is 1. The Bertz CT molecular complexity index is 573. The van der Waals surface area contributed by atoms with Crippen molar-refractivity contribution in [3.63, 3.8) is 0 Å². The van der Waals surface area contributed by atoms with E-state index in [1.165, 1.54) is 6.07 Å². The highest BCUT2D eigenvalue weighted by Gasteiger charge is 2.10. The summed E-state index contributed by atoms with van der Waals surface area (Å²) in [5, 5.41) is 29.0. The van der Waals surface area contributed by atoms with Crippen LogP contribution in [0.5, 0.6) is 0 Å². The number of amides is 1. The van der Waals surface area contributed by atoms with Crippen molar-refractivity contribution in [2.45, 2.75) is 0 Å². The second-order valence-corrected chi connectivity index (χ2v) is 2.58. The Morgan fingerprint density at radius 2 is 2.12 bits per heavy atom. The molecule has 1 heterocycles. The minimum atomic E-state index is -1.01. The third-order valence-corrected chi connectivity index (χ3v) is 1.53. The fraction of sp³-hybridized carbons (Fsp3) is 0. The number of carbonyl (C=O) groups excluding carboxylic acids is 1. The summed E-state index contributed by atoms with van der Waals surface area (Å²) in [6.07, 6.45) is 0. The van der Waals surface area contributed by atoms with Gasteiger partial charge in [0.15, 0.2) is 11.4 Å². The molecule has 1 rings (SSSR count). The molecule has 9 nitrogen and oxygen atoms in total. The molecule has 0 aliphatic carbocycles. The largest absolute Gasteiger partial charge is 0.364 e. The smallest absolute Gasteiger partial charge is 0.280 e. The minimum Gasteiger partial charge on any atom is -0.364 e. The number of H-pyrrole nitrogens is 1. The van der Waals surface area contributed by atoms with Crippen molar-refractivity contribution in [3.8, 4) is 18.2 Å². The van der Waals surface area contributed by atoms with Crippen LogP contribution in [-0.4, -0.2) is 21.6 Å². The first-order valence-corrected chi connectivity index (χ1v) is 4.06. The summed E-state index contributed by atoms with van der Waals surface area (Å²) in [4.78, 5) is 16.7. The van der Waals surface area contributed by atoms with Crippen LogP contribution in [0.1, 0.15) is 11.4 Å². The van der Waals surface area contributed by atoms with Gasteiger partial charge in [-0.15, -0.1) is 0 Å². The zero-order chi connectivity index (χ0) is 12.8. The summed E-state index contributed by atoms with van der Waals surface area (Å²) < 4.78 is 0. The Balaban J connectivity index is 2.96. The van der Waals surface area contributed by atoms with Crippen molar-refractivity contribution >= 4 is 17.6 Å². The Morgan fingerprint density at radius 1 is 1.41 bits per heavy atom. The number of nitriles is 3. The van der Waals surface area contributed by atoms with Crippen LogP contribution >= 0.6 is 0 Å². The lowest BCUT2D eigenvalue weighted by Crippen LogP contribution is -2.22. The van der Waals surface area contributed by atoms with E-state index >= 15 is 0 Å². The fourth-order valence-corrected chi connectivity index (χ4v) is 0.832. The number of primary amides is 1. The number of rotatable bonds is 3. The second-order valence-electron chi connectivity index (χ2n) is 2.58. The summed E-state index contributed by atoms with van der Waals surface area (Å²) in [6.45, 7) is 0. The van der Waals surface area contributed by atoms with Crippen LogP contribution < -0.4 is 11.2 Å². The van der Waals surface area contributed by atoms with Crippen molar-refractivity contribution in [2.75, 3.05) is 5.43 Å². The molecule has 0 aliphatic heterocycles. The minimum absolute atomic E-state index is 0.0490. The van der Waals surface area contributed by atoms with Gasteiger partial charge in [-0.25, -0.2) is 5.43 Å². The van der Waals surface area contributed by atoms with Crippen LogP contribution in [0.3, 0.4) is 0 Å². The molecule has 0 aliphatic rings. The number of aromatic nitrogens is 2. The summed E-state index contributed by atoms with van der Waals surface area (Å²) in [5.74, 6) is -1.06. The number of aromatic amines is 1. The van der Waals surface area contributed by atoms with Gasteiger partial charge in [0.2, 0.25) is 11.7 Å². The van der Waals surface area contributed by atoms with Crippen molar-refractivity contribution in [2.24, 2.45) is 10.8 Å². The molecule has 0 bridgehead atoms. The maximum Gasteiger partial charge on any atom is 0.280 e. The van der Waals surface area contributed by atoms with Crippen LogP contribution in [0.4, 0.5) is 5.95 Å². The second kappa shape index (κ2) is 4.91. The standard InChI is InChI=1S/C8H4N8O/c9-1-4-5(2-10)14-8(13-4)16-15-6(3-11)7(12)17/h(H2,12,17)(H2,13,14,16)/b15-6-. The molecule has 0 radical (unpaired) electrons. The topological polar surface area (TPSA) is 168 Å². The maximum atomic E-state index is 10.6. The molecule has 1 amide bonds. The summed E-state index contributed by atoms with van der Waals surface area (Å²) in [7, 11) is 0. The first-order chi connectivity index (χ1) is 8.12. The summed E-state index contributed by atoms with van der Waals surface area (Å²) in [5.41, 5.74) is 6.30. The molecule has 0 fully saturated rings. The predicted octanol–water partition coefficient (Wildman–Crippen LogP) is -1.07. The lowest BCUT2D eigenvalue weighted by molar-refractivity contribution is -0.111. The number of nitrogens with two attached hydrogens (primary N) is 1. The van der Waals surface area contributed by atoms with E-state index in [4.69, 9.17) is 21.5 Å². The van der Waals surface area contributed by atoms with Crippen molar-refractivity contribution < 1.29 is 4.79 Å². The molecule has 1 aromatic heterocycles. The molecule has 0 spiro atoms. The third-order valence-electron chi connectivity index (χ3n) is 1.53. The molecule has 0 saturated carbocycles. The molecule has 82 valence electrons. The number of hydrogen-bond donors (Lipinski definition) is 3. The molecule has 9 heteroatoms. The zero-order valence-electron chi connectivity index (χ0n) is 8.22. The number of nitrogens with zero attached hydrogens (tertiary/aromatic N) is 5. The number of nitrogens with one attached hydrogen (secondary N) is 2. The first-order valence-electron chi connectivity index (χ1n) is 4.06. The fourth-order valence-electron chi connectivity index (χ4n) is 0.832. The quantitative estimate of drug-likeness (QED) is 0.439. The van der Waals surface area contributed by atoms with Crippen molar-refractivity contribution in [1.82, 2.24) is 9.97 Å². The first kappa shape index (κ1) is 11.7. The monoisotopic (exact) mass is 228 g/mol. The number of hydrogen-bond acceptors (Lipinski definition) is 7. The average Bonchev–Trinajstić information content (AvgIpc) is 2.71. The molecular formula is C8H4N8O. The lowest BCUT2D eigenvalue weighted by atomic mass is 10.4. The van der Waals surface area contributed by atoms with E-state index in [2.05, 4.69) is 20.5 Å². The van der Waals surface area contributed by atoms with Crippen LogP contribution in [0, 0.1) is 34.0 Å². The van der Waals surface area contributed by atoms with Crippen LogP contribution in [0.15, 0.2) is 5.10 Å².